The van der Waals surface area contributed by atoms with Crippen LogP contribution in [0.15, 0.2) is 54.6 Å². The number of urea groups is 1. The average molecular weight is 463 g/mol. The second-order valence-electron chi connectivity index (χ2n) is 10.1. The highest BCUT2D eigenvalue weighted by Gasteiger charge is 2.37. The number of rotatable bonds is 5. The Balaban J connectivity index is 1.42. The van der Waals surface area contributed by atoms with Gasteiger partial charge in [-0.05, 0) is 38.3 Å². The maximum Gasteiger partial charge on any atom is 0.317 e. The first-order valence-corrected chi connectivity index (χ1v) is 12.6. The smallest absolute Gasteiger partial charge is 0.317 e. The molecule has 0 aliphatic carbocycles. The molecule has 2 saturated heterocycles. The third-order valence-electron chi connectivity index (χ3n) is 6.95. The molecule has 2 fully saturated rings. The summed E-state index contributed by atoms with van der Waals surface area (Å²) in [6.45, 7) is 11.3. The molecule has 3 amide bonds. The maximum atomic E-state index is 13.6. The fourth-order valence-electron chi connectivity index (χ4n) is 5.17. The third kappa shape index (κ3) is 6.17. The van der Waals surface area contributed by atoms with E-state index in [2.05, 4.69) is 65.7 Å². The lowest BCUT2D eigenvalue weighted by Crippen LogP contribution is -2.55. The summed E-state index contributed by atoms with van der Waals surface area (Å²) in [5, 5.41) is 3.02. The van der Waals surface area contributed by atoms with Gasteiger partial charge in [-0.3, -0.25) is 9.69 Å². The molecular formula is C28H38N4O2. The van der Waals surface area contributed by atoms with Crippen molar-refractivity contribution in [3.05, 3.63) is 71.3 Å². The topological polar surface area (TPSA) is 55.9 Å². The van der Waals surface area contributed by atoms with Crippen LogP contribution in [-0.4, -0.2) is 71.9 Å². The van der Waals surface area contributed by atoms with Gasteiger partial charge < -0.3 is 15.1 Å². The van der Waals surface area contributed by atoms with E-state index >= 15 is 0 Å². The predicted octanol–water partition coefficient (Wildman–Crippen LogP) is 3.86. The van der Waals surface area contributed by atoms with Crippen molar-refractivity contribution in [2.24, 2.45) is 5.92 Å². The number of aryl methyl sites for hydroxylation is 1. The molecule has 6 nitrogen and oxygen atoms in total. The molecule has 4 rings (SSSR count). The number of nitrogens with one attached hydrogen (secondary N) is 1. The van der Waals surface area contributed by atoms with Gasteiger partial charge in [0.25, 0.3) is 0 Å². The molecule has 0 spiro atoms. The molecule has 6 heteroatoms. The number of piperazine rings is 1. The molecule has 0 saturated carbocycles. The molecular weight excluding hydrogens is 424 g/mol. The minimum atomic E-state index is -0.169. The summed E-state index contributed by atoms with van der Waals surface area (Å²) in [4.78, 5) is 32.8. The van der Waals surface area contributed by atoms with Crippen molar-refractivity contribution in [2.45, 2.75) is 45.7 Å². The highest BCUT2D eigenvalue weighted by atomic mass is 16.2. The van der Waals surface area contributed by atoms with Crippen LogP contribution < -0.4 is 5.32 Å². The Kier molecular flexibility index (Phi) is 7.88. The molecule has 2 heterocycles. The quantitative estimate of drug-likeness (QED) is 0.734. The Morgan fingerprint density at radius 3 is 2.35 bits per heavy atom. The number of carbonyl (C=O) groups is 2. The SMILES string of the molecule is Cc1cccc([C@@H]2C[C@H](C(=O)N3CCN(Cc4ccccc4)CC3)CN(C(=O)NC(C)C)C2)c1. The zero-order valence-electron chi connectivity index (χ0n) is 20.7. The van der Waals surface area contributed by atoms with Crippen LogP contribution in [0.25, 0.3) is 0 Å². The summed E-state index contributed by atoms with van der Waals surface area (Å²) < 4.78 is 0. The minimum absolute atomic E-state index is 0.0682. The van der Waals surface area contributed by atoms with Crippen LogP contribution >= 0.6 is 0 Å². The van der Waals surface area contributed by atoms with Gasteiger partial charge >= 0.3 is 6.03 Å². The van der Waals surface area contributed by atoms with Crippen molar-refractivity contribution in [3.63, 3.8) is 0 Å². The average Bonchev–Trinajstić information content (AvgIpc) is 2.84. The number of piperidine rings is 1. The van der Waals surface area contributed by atoms with E-state index in [4.69, 9.17) is 0 Å². The number of likely N-dealkylation sites (tertiary alicyclic amines) is 1. The second kappa shape index (κ2) is 11.0. The zero-order valence-corrected chi connectivity index (χ0v) is 20.7. The fourth-order valence-corrected chi connectivity index (χ4v) is 5.17. The summed E-state index contributed by atoms with van der Waals surface area (Å²) in [5.41, 5.74) is 3.73. The number of benzene rings is 2. The van der Waals surface area contributed by atoms with Crippen molar-refractivity contribution < 1.29 is 9.59 Å². The van der Waals surface area contributed by atoms with Crippen LogP contribution in [0.3, 0.4) is 0 Å². The first-order valence-electron chi connectivity index (χ1n) is 12.6. The van der Waals surface area contributed by atoms with E-state index in [0.717, 1.165) is 39.1 Å². The number of carbonyl (C=O) groups excluding carboxylic acids is 2. The lowest BCUT2D eigenvalue weighted by atomic mass is 9.83. The van der Waals surface area contributed by atoms with Crippen molar-refractivity contribution in [1.29, 1.82) is 0 Å². The number of amides is 3. The Bertz CT molecular complexity index is 969. The summed E-state index contributed by atoms with van der Waals surface area (Å²) >= 11 is 0. The fraction of sp³-hybridized carbons (Fsp3) is 0.500. The van der Waals surface area contributed by atoms with Gasteiger partial charge in [-0.2, -0.15) is 0 Å². The number of hydrogen-bond acceptors (Lipinski definition) is 3. The van der Waals surface area contributed by atoms with Gasteiger partial charge in [0.2, 0.25) is 5.91 Å². The predicted molar refractivity (Wildman–Crippen MR) is 136 cm³/mol. The summed E-state index contributed by atoms with van der Waals surface area (Å²) in [6, 6.07) is 19.0. The van der Waals surface area contributed by atoms with E-state index in [9.17, 15) is 9.59 Å². The molecule has 2 aromatic rings. The monoisotopic (exact) mass is 462 g/mol. The molecule has 34 heavy (non-hydrogen) atoms. The van der Waals surface area contributed by atoms with E-state index in [1.807, 2.05) is 29.7 Å². The van der Waals surface area contributed by atoms with E-state index < -0.39 is 0 Å². The standard InChI is InChI=1S/C28H38N4O2/c1-21(2)29-28(34)32-19-25(24-11-7-8-22(3)16-24)17-26(20-32)27(33)31-14-12-30(13-15-31)18-23-9-5-4-6-10-23/h4-11,16,21,25-26H,12-15,17-20H2,1-3H3,(H,29,34)/t25-,26+/m1/s1. The molecule has 2 aliphatic heterocycles. The van der Waals surface area contributed by atoms with Gasteiger partial charge in [0.15, 0.2) is 0 Å². The highest BCUT2D eigenvalue weighted by molar-refractivity contribution is 5.81. The molecule has 182 valence electrons. The molecule has 0 aromatic heterocycles. The summed E-state index contributed by atoms with van der Waals surface area (Å²) in [5.74, 6) is 0.191. The summed E-state index contributed by atoms with van der Waals surface area (Å²) in [6.07, 6.45) is 0.790. The zero-order chi connectivity index (χ0) is 24.1. The normalized spacial score (nSPS) is 21.5. The molecule has 1 N–H and O–H groups in total. The molecule has 2 aliphatic rings. The molecule has 0 bridgehead atoms. The van der Waals surface area contributed by atoms with Crippen molar-refractivity contribution in [3.8, 4) is 0 Å². The van der Waals surface area contributed by atoms with E-state index in [1.54, 1.807) is 0 Å². The lowest BCUT2D eigenvalue weighted by molar-refractivity contribution is -0.139. The summed E-state index contributed by atoms with van der Waals surface area (Å²) in [7, 11) is 0. The van der Waals surface area contributed by atoms with Gasteiger partial charge in [-0.15, -0.1) is 0 Å². The van der Waals surface area contributed by atoms with Crippen LogP contribution in [0.5, 0.6) is 0 Å². The van der Waals surface area contributed by atoms with Crippen molar-refractivity contribution in [2.75, 3.05) is 39.3 Å². The van der Waals surface area contributed by atoms with E-state index in [1.165, 1.54) is 16.7 Å². The second-order valence-corrected chi connectivity index (χ2v) is 10.1. The molecule has 2 aromatic carbocycles. The lowest BCUT2D eigenvalue weighted by Gasteiger charge is -2.41. The third-order valence-corrected chi connectivity index (χ3v) is 6.95. The van der Waals surface area contributed by atoms with Gasteiger partial charge in [0.1, 0.15) is 0 Å². The van der Waals surface area contributed by atoms with Crippen molar-refractivity contribution >= 4 is 11.9 Å². The highest BCUT2D eigenvalue weighted by Crippen LogP contribution is 2.32. The molecule has 0 unspecified atom stereocenters. The largest absolute Gasteiger partial charge is 0.340 e. The van der Waals surface area contributed by atoms with Crippen LogP contribution in [0.4, 0.5) is 4.79 Å². The minimum Gasteiger partial charge on any atom is -0.340 e. The Labute approximate surface area is 203 Å². The van der Waals surface area contributed by atoms with E-state index in [0.29, 0.717) is 13.1 Å². The van der Waals surface area contributed by atoms with Gasteiger partial charge in [0.05, 0.1) is 5.92 Å². The van der Waals surface area contributed by atoms with Crippen molar-refractivity contribution in [1.82, 2.24) is 20.0 Å². The van der Waals surface area contributed by atoms with Crippen LogP contribution in [-0.2, 0) is 11.3 Å². The Morgan fingerprint density at radius 2 is 1.68 bits per heavy atom. The maximum absolute atomic E-state index is 13.6. The van der Waals surface area contributed by atoms with Gasteiger partial charge in [-0.25, -0.2) is 4.79 Å². The Hall–Kier alpha value is -2.86. The first-order chi connectivity index (χ1) is 16.4. The van der Waals surface area contributed by atoms with Gasteiger partial charge in [-0.1, -0.05) is 60.2 Å². The van der Waals surface area contributed by atoms with Crippen LogP contribution in [0, 0.1) is 12.8 Å². The first kappa shape index (κ1) is 24.3. The molecule has 2 atom stereocenters. The van der Waals surface area contributed by atoms with Crippen LogP contribution in [0.2, 0.25) is 0 Å². The van der Waals surface area contributed by atoms with Gasteiger partial charge in [0, 0.05) is 57.8 Å². The van der Waals surface area contributed by atoms with Crippen LogP contribution in [0.1, 0.15) is 42.9 Å². The number of hydrogen-bond donors (Lipinski definition) is 1. The number of nitrogens with zero attached hydrogens (tertiary/aromatic N) is 3. The Morgan fingerprint density at radius 1 is 0.941 bits per heavy atom. The van der Waals surface area contributed by atoms with E-state index in [-0.39, 0.29) is 29.8 Å². The molecule has 0 radical (unpaired) electrons.